The van der Waals surface area contributed by atoms with Crippen LogP contribution < -0.4 is 5.32 Å². The standard InChI is InChI=1S/C11H21NO3/c1-9-3-5-11(15-2,6-4-9)8-12-10(14)7-13/h9,13H,3-8H2,1-2H3,(H,12,14). The zero-order valence-corrected chi connectivity index (χ0v) is 9.58. The normalized spacial score (nSPS) is 31.3. The molecule has 0 heterocycles. The van der Waals surface area contributed by atoms with Crippen LogP contribution in [-0.2, 0) is 9.53 Å². The van der Waals surface area contributed by atoms with Gasteiger partial charge in [0, 0.05) is 13.7 Å². The Bertz CT molecular complexity index is 210. The molecule has 4 heteroatoms. The van der Waals surface area contributed by atoms with Crippen LogP contribution >= 0.6 is 0 Å². The number of carbonyl (C=O) groups excluding carboxylic acids is 1. The van der Waals surface area contributed by atoms with Gasteiger partial charge in [0.15, 0.2) is 0 Å². The summed E-state index contributed by atoms with van der Waals surface area (Å²) in [6, 6.07) is 0. The second kappa shape index (κ2) is 5.47. The van der Waals surface area contributed by atoms with Crippen LogP contribution in [0.15, 0.2) is 0 Å². The van der Waals surface area contributed by atoms with Crippen LogP contribution in [0.5, 0.6) is 0 Å². The zero-order chi connectivity index (χ0) is 11.3. The van der Waals surface area contributed by atoms with Gasteiger partial charge in [-0.15, -0.1) is 0 Å². The number of aliphatic hydroxyl groups is 1. The van der Waals surface area contributed by atoms with E-state index in [4.69, 9.17) is 9.84 Å². The number of methoxy groups -OCH3 is 1. The molecule has 0 bridgehead atoms. The molecule has 0 atom stereocenters. The van der Waals surface area contributed by atoms with Gasteiger partial charge < -0.3 is 15.2 Å². The summed E-state index contributed by atoms with van der Waals surface area (Å²) in [5.74, 6) is 0.423. The number of ether oxygens (including phenoxy) is 1. The monoisotopic (exact) mass is 215 g/mol. The minimum absolute atomic E-state index is 0.211. The molecule has 88 valence electrons. The summed E-state index contributed by atoms with van der Waals surface area (Å²) < 4.78 is 5.53. The molecule has 0 unspecified atom stereocenters. The molecular formula is C11H21NO3. The van der Waals surface area contributed by atoms with E-state index < -0.39 is 6.61 Å². The third-order valence-corrected chi connectivity index (χ3v) is 3.37. The predicted octanol–water partition coefficient (Wildman–Crippen LogP) is 0.690. The maximum absolute atomic E-state index is 11.0. The van der Waals surface area contributed by atoms with E-state index in [1.165, 1.54) is 0 Å². The predicted molar refractivity (Wildman–Crippen MR) is 57.5 cm³/mol. The SMILES string of the molecule is COC1(CNC(=O)CO)CCC(C)CC1. The largest absolute Gasteiger partial charge is 0.387 e. The number of aliphatic hydroxyl groups excluding tert-OH is 1. The molecule has 0 aromatic heterocycles. The smallest absolute Gasteiger partial charge is 0.245 e. The van der Waals surface area contributed by atoms with Crippen molar-refractivity contribution in [1.29, 1.82) is 0 Å². The summed E-state index contributed by atoms with van der Waals surface area (Å²) in [6.45, 7) is 2.30. The van der Waals surface area contributed by atoms with Crippen LogP contribution in [0.2, 0.25) is 0 Å². The molecular weight excluding hydrogens is 194 g/mol. The van der Waals surface area contributed by atoms with Crippen LogP contribution in [0.25, 0.3) is 0 Å². The van der Waals surface area contributed by atoms with Gasteiger partial charge in [0.25, 0.3) is 0 Å². The van der Waals surface area contributed by atoms with E-state index in [0.29, 0.717) is 6.54 Å². The number of hydrogen-bond acceptors (Lipinski definition) is 3. The minimum atomic E-state index is -0.448. The van der Waals surface area contributed by atoms with Crippen molar-refractivity contribution in [3.05, 3.63) is 0 Å². The number of carbonyl (C=O) groups is 1. The summed E-state index contributed by atoms with van der Waals surface area (Å²) in [4.78, 5) is 11.0. The molecule has 0 saturated heterocycles. The maximum atomic E-state index is 11.0. The van der Waals surface area contributed by atoms with Gasteiger partial charge in [-0.2, -0.15) is 0 Å². The summed E-state index contributed by atoms with van der Waals surface area (Å²) in [5.41, 5.74) is -0.211. The van der Waals surface area contributed by atoms with E-state index in [1.807, 2.05) is 0 Å². The number of rotatable bonds is 4. The lowest BCUT2D eigenvalue weighted by Crippen LogP contribution is -2.47. The van der Waals surface area contributed by atoms with Crippen molar-refractivity contribution in [3.8, 4) is 0 Å². The minimum Gasteiger partial charge on any atom is -0.387 e. The van der Waals surface area contributed by atoms with Gasteiger partial charge in [-0.05, 0) is 31.6 Å². The van der Waals surface area contributed by atoms with Crippen molar-refractivity contribution < 1.29 is 14.6 Å². The first kappa shape index (κ1) is 12.5. The lowest BCUT2D eigenvalue weighted by molar-refractivity contribution is -0.126. The number of hydrogen-bond donors (Lipinski definition) is 2. The molecule has 0 aliphatic heterocycles. The van der Waals surface area contributed by atoms with Gasteiger partial charge in [0.1, 0.15) is 6.61 Å². The maximum Gasteiger partial charge on any atom is 0.245 e. The highest BCUT2D eigenvalue weighted by Gasteiger charge is 2.34. The summed E-state index contributed by atoms with van der Waals surface area (Å²) in [6.07, 6.45) is 4.25. The molecule has 1 aliphatic rings. The quantitative estimate of drug-likeness (QED) is 0.725. The zero-order valence-electron chi connectivity index (χ0n) is 9.58. The van der Waals surface area contributed by atoms with Gasteiger partial charge >= 0.3 is 0 Å². The van der Waals surface area contributed by atoms with Crippen molar-refractivity contribution in [2.45, 2.75) is 38.2 Å². The van der Waals surface area contributed by atoms with Crippen LogP contribution in [0.1, 0.15) is 32.6 Å². The van der Waals surface area contributed by atoms with E-state index in [9.17, 15) is 4.79 Å². The van der Waals surface area contributed by atoms with Gasteiger partial charge in [0.2, 0.25) is 5.91 Å². The highest BCUT2D eigenvalue weighted by atomic mass is 16.5. The summed E-state index contributed by atoms with van der Waals surface area (Å²) >= 11 is 0. The van der Waals surface area contributed by atoms with Crippen LogP contribution in [0.3, 0.4) is 0 Å². The van der Waals surface area contributed by atoms with Crippen molar-refractivity contribution in [3.63, 3.8) is 0 Å². The molecule has 4 nitrogen and oxygen atoms in total. The van der Waals surface area contributed by atoms with E-state index >= 15 is 0 Å². The first-order valence-corrected chi connectivity index (χ1v) is 5.54. The molecule has 1 fully saturated rings. The molecule has 0 radical (unpaired) electrons. The molecule has 1 saturated carbocycles. The van der Waals surface area contributed by atoms with Gasteiger partial charge in [-0.3, -0.25) is 4.79 Å². The molecule has 2 N–H and O–H groups in total. The average Bonchev–Trinajstić information content (AvgIpc) is 2.28. The molecule has 1 rings (SSSR count). The van der Waals surface area contributed by atoms with E-state index in [1.54, 1.807) is 7.11 Å². The molecule has 1 amide bonds. The van der Waals surface area contributed by atoms with Crippen molar-refractivity contribution >= 4 is 5.91 Å². The summed E-state index contributed by atoms with van der Waals surface area (Å²) in [7, 11) is 1.70. The second-order valence-corrected chi connectivity index (χ2v) is 4.50. The molecule has 0 aromatic carbocycles. The topological polar surface area (TPSA) is 58.6 Å². The fraction of sp³-hybridized carbons (Fsp3) is 0.909. The first-order valence-electron chi connectivity index (χ1n) is 5.54. The molecule has 0 spiro atoms. The van der Waals surface area contributed by atoms with Gasteiger partial charge in [-0.1, -0.05) is 6.92 Å². The second-order valence-electron chi connectivity index (χ2n) is 4.50. The van der Waals surface area contributed by atoms with E-state index in [-0.39, 0.29) is 11.5 Å². The Balaban J connectivity index is 2.43. The van der Waals surface area contributed by atoms with Crippen LogP contribution in [0, 0.1) is 5.92 Å². The van der Waals surface area contributed by atoms with Gasteiger partial charge in [0.05, 0.1) is 5.60 Å². The highest BCUT2D eigenvalue weighted by molar-refractivity contribution is 5.76. The Morgan fingerprint density at radius 2 is 2.13 bits per heavy atom. The number of amides is 1. The third-order valence-electron chi connectivity index (χ3n) is 3.37. The van der Waals surface area contributed by atoms with Crippen molar-refractivity contribution in [2.75, 3.05) is 20.3 Å². The Morgan fingerprint density at radius 1 is 1.53 bits per heavy atom. The fourth-order valence-electron chi connectivity index (χ4n) is 2.06. The van der Waals surface area contributed by atoms with Gasteiger partial charge in [-0.25, -0.2) is 0 Å². The lowest BCUT2D eigenvalue weighted by Gasteiger charge is -2.38. The Labute approximate surface area is 91.0 Å². The van der Waals surface area contributed by atoms with Crippen molar-refractivity contribution in [1.82, 2.24) is 5.32 Å². The van der Waals surface area contributed by atoms with E-state index in [0.717, 1.165) is 31.6 Å². The van der Waals surface area contributed by atoms with Crippen molar-refractivity contribution in [2.24, 2.45) is 5.92 Å². The highest BCUT2D eigenvalue weighted by Crippen LogP contribution is 2.33. The third kappa shape index (κ3) is 3.47. The number of nitrogens with one attached hydrogen (secondary N) is 1. The Kier molecular flexibility index (Phi) is 4.54. The fourth-order valence-corrected chi connectivity index (χ4v) is 2.06. The average molecular weight is 215 g/mol. The lowest BCUT2D eigenvalue weighted by atomic mass is 9.79. The van der Waals surface area contributed by atoms with Crippen LogP contribution in [-0.4, -0.2) is 36.9 Å². The van der Waals surface area contributed by atoms with Crippen LogP contribution in [0.4, 0.5) is 0 Å². The molecule has 15 heavy (non-hydrogen) atoms. The Morgan fingerprint density at radius 3 is 2.60 bits per heavy atom. The molecule has 1 aliphatic carbocycles. The summed E-state index contributed by atoms with van der Waals surface area (Å²) in [5, 5.41) is 11.3. The Hall–Kier alpha value is -0.610. The first-order chi connectivity index (χ1) is 7.12. The van der Waals surface area contributed by atoms with E-state index in [2.05, 4.69) is 12.2 Å². The molecule has 0 aromatic rings.